The van der Waals surface area contributed by atoms with Crippen LogP contribution in [0, 0.1) is 0 Å². The van der Waals surface area contributed by atoms with Crippen molar-refractivity contribution < 1.29 is 0 Å². The second-order valence-corrected chi connectivity index (χ2v) is 3.54. The maximum Gasteiger partial charge on any atom is 0.0279 e. The van der Waals surface area contributed by atoms with Crippen LogP contribution in [0.15, 0.2) is 0 Å². The lowest BCUT2D eigenvalue weighted by Gasteiger charge is -2.09. The first-order chi connectivity index (χ1) is 3.18. The smallest absolute Gasteiger partial charge is 0.0279 e. The molecule has 0 aliphatic carbocycles. The van der Waals surface area contributed by atoms with Gasteiger partial charge in [-0.3, -0.25) is 0 Å². The SMILES string of the molecule is CC(I)C(N)CN. The zero-order valence-electron chi connectivity index (χ0n) is 4.39. The van der Waals surface area contributed by atoms with Gasteiger partial charge in [0.2, 0.25) is 0 Å². The molecule has 0 aromatic rings. The van der Waals surface area contributed by atoms with Crippen LogP contribution in [-0.2, 0) is 0 Å². The van der Waals surface area contributed by atoms with Crippen LogP contribution >= 0.6 is 22.6 Å². The molecule has 0 aliphatic rings. The Morgan fingerprint density at radius 1 is 1.71 bits per heavy atom. The molecule has 0 bridgehead atoms. The van der Waals surface area contributed by atoms with E-state index in [1.807, 2.05) is 0 Å². The highest BCUT2D eigenvalue weighted by atomic mass is 127. The average molecular weight is 214 g/mol. The summed E-state index contributed by atoms with van der Waals surface area (Å²) in [5.41, 5.74) is 10.7. The van der Waals surface area contributed by atoms with Gasteiger partial charge >= 0.3 is 0 Å². The molecule has 2 unspecified atom stereocenters. The molecule has 0 saturated heterocycles. The van der Waals surface area contributed by atoms with E-state index < -0.39 is 0 Å². The summed E-state index contributed by atoms with van der Waals surface area (Å²) in [4.78, 5) is 0. The molecule has 7 heavy (non-hydrogen) atoms. The van der Waals surface area contributed by atoms with Gasteiger partial charge in [-0.15, -0.1) is 0 Å². The summed E-state index contributed by atoms with van der Waals surface area (Å²) in [6, 6.07) is 0.167. The summed E-state index contributed by atoms with van der Waals surface area (Å²) < 4.78 is 0.489. The molecule has 0 aliphatic heterocycles. The fraction of sp³-hybridized carbons (Fsp3) is 1.00. The molecule has 0 amide bonds. The van der Waals surface area contributed by atoms with Crippen LogP contribution in [0.4, 0.5) is 0 Å². The normalized spacial score (nSPS) is 18.9. The third kappa shape index (κ3) is 3.25. The maximum absolute atomic E-state index is 5.48. The van der Waals surface area contributed by atoms with Crippen molar-refractivity contribution in [2.75, 3.05) is 6.54 Å². The summed E-state index contributed by atoms with van der Waals surface area (Å²) in [7, 11) is 0. The molecule has 0 fully saturated rings. The Balaban J connectivity index is 3.14. The summed E-state index contributed by atoms with van der Waals surface area (Å²) >= 11 is 2.26. The van der Waals surface area contributed by atoms with Crippen LogP contribution in [0.5, 0.6) is 0 Å². The fourth-order valence-corrected chi connectivity index (χ4v) is 0.481. The first-order valence-electron chi connectivity index (χ1n) is 2.28. The van der Waals surface area contributed by atoms with E-state index in [1.54, 1.807) is 0 Å². The molecule has 0 aromatic heterocycles. The van der Waals surface area contributed by atoms with Crippen molar-refractivity contribution in [2.24, 2.45) is 11.5 Å². The lowest BCUT2D eigenvalue weighted by atomic mass is 10.2. The molecule has 4 N–H and O–H groups in total. The Morgan fingerprint density at radius 2 is 2.14 bits per heavy atom. The van der Waals surface area contributed by atoms with Crippen LogP contribution in [0.2, 0.25) is 0 Å². The zero-order valence-corrected chi connectivity index (χ0v) is 6.55. The van der Waals surface area contributed by atoms with Gasteiger partial charge in [0.25, 0.3) is 0 Å². The largest absolute Gasteiger partial charge is 0.329 e. The van der Waals surface area contributed by atoms with Crippen LogP contribution in [-0.4, -0.2) is 16.5 Å². The monoisotopic (exact) mass is 214 g/mol. The molecule has 0 radical (unpaired) electrons. The highest BCUT2D eigenvalue weighted by Gasteiger charge is 2.03. The van der Waals surface area contributed by atoms with Gasteiger partial charge in [-0.05, 0) is 0 Å². The van der Waals surface area contributed by atoms with E-state index in [2.05, 4.69) is 29.5 Å². The Bertz CT molecular complexity index is 47.0. The lowest BCUT2D eigenvalue weighted by Crippen LogP contribution is -2.36. The Kier molecular flexibility index (Phi) is 3.96. The van der Waals surface area contributed by atoms with Crippen molar-refractivity contribution in [1.29, 1.82) is 0 Å². The van der Waals surface area contributed by atoms with Gasteiger partial charge in [0, 0.05) is 16.5 Å². The van der Waals surface area contributed by atoms with Gasteiger partial charge in [-0.2, -0.15) is 0 Å². The van der Waals surface area contributed by atoms with Crippen molar-refractivity contribution in [2.45, 2.75) is 16.9 Å². The standard InChI is InChI=1S/C4H11IN2/c1-3(5)4(7)2-6/h3-4H,2,6-7H2,1H3. The molecule has 0 saturated carbocycles. The molecule has 2 atom stereocenters. The molecule has 2 nitrogen and oxygen atoms in total. The maximum atomic E-state index is 5.48. The summed E-state index contributed by atoms with van der Waals surface area (Å²) in [6.45, 7) is 2.64. The quantitative estimate of drug-likeness (QED) is 0.505. The second-order valence-electron chi connectivity index (χ2n) is 1.58. The molecule has 44 valence electrons. The van der Waals surface area contributed by atoms with Crippen LogP contribution in [0.3, 0.4) is 0 Å². The predicted molar refractivity (Wildman–Crippen MR) is 40.5 cm³/mol. The predicted octanol–water partition coefficient (Wildman–Crippen LogP) is 0.0959. The van der Waals surface area contributed by atoms with Gasteiger partial charge in [0.1, 0.15) is 0 Å². The van der Waals surface area contributed by atoms with Crippen molar-refractivity contribution >= 4 is 22.6 Å². The Hall–Kier alpha value is 0.650. The molecule has 0 rings (SSSR count). The van der Waals surface area contributed by atoms with Crippen LogP contribution < -0.4 is 11.5 Å². The third-order valence-corrected chi connectivity index (χ3v) is 1.79. The van der Waals surface area contributed by atoms with E-state index in [9.17, 15) is 0 Å². The molecular weight excluding hydrogens is 203 g/mol. The van der Waals surface area contributed by atoms with E-state index in [1.165, 1.54) is 0 Å². The Morgan fingerprint density at radius 3 is 2.14 bits per heavy atom. The van der Waals surface area contributed by atoms with Crippen molar-refractivity contribution in [3.63, 3.8) is 0 Å². The van der Waals surface area contributed by atoms with Gasteiger partial charge in [-0.25, -0.2) is 0 Å². The first-order valence-corrected chi connectivity index (χ1v) is 3.52. The number of halogens is 1. The van der Waals surface area contributed by atoms with Crippen LogP contribution in [0.1, 0.15) is 6.92 Å². The van der Waals surface area contributed by atoms with E-state index in [-0.39, 0.29) is 6.04 Å². The summed E-state index contributed by atoms with van der Waals surface area (Å²) in [5, 5.41) is 0. The summed E-state index contributed by atoms with van der Waals surface area (Å²) in [6.07, 6.45) is 0. The van der Waals surface area contributed by atoms with E-state index in [0.717, 1.165) is 0 Å². The van der Waals surface area contributed by atoms with Gasteiger partial charge in [0.05, 0.1) is 0 Å². The topological polar surface area (TPSA) is 52.0 Å². The van der Waals surface area contributed by atoms with Crippen molar-refractivity contribution in [3.05, 3.63) is 0 Å². The lowest BCUT2D eigenvalue weighted by molar-refractivity contribution is 0.690. The molecular formula is C4H11IN2. The molecule has 0 spiro atoms. The number of nitrogens with two attached hydrogens (primary N) is 2. The minimum Gasteiger partial charge on any atom is -0.329 e. The van der Waals surface area contributed by atoms with Gasteiger partial charge < -0.3 is 11.5 Å². The van der Waals surface area contributed by atoms with E-state index in [0.29, 0.717) is 10.5 Å². The van der Waals surface area contributed by atoms with Gasteiger partial charge in [0.15, 0.2) is 0 Å². The molecule has 0 heterocycles. The van der Waals surface area contributed by atoms with Crippen molar-refractivity contribution in [1.82, 2.24) is 0 Å². The second kappa shape index (κ2) is 3.63. The number of alkyl halides is 1. The minimum atomic E-state index is 0.167. The number of hydrogen-bond acceptors (Lipinski definition) is 2. The van der Waals surface area contributed by atoms with Gasteiger partial charge in [-0.1, -0.05) is 29.5 Å². The first kappa shape index (κ1) is 7.65. The molecule has 0 aromatic carbocycles. The average Bonchev–Trinajstić information content (AvgIpc) is 1.65. The Labute approximate surface area is 57.8 Å². The van der Waals surface area contributed by atoms with Crippen molar-refractivity contribution in [3.8, 4) is 0 Å². The molecule has 3 heteroatoms. The summed E-state index contributed by atoms with van der Waals surface area (Å²) in [5.74, 6) is 0. The van der Waals surface area contributed by atoms with Crippen LogP contribution in [0.25, 0.3) is 0 Å². The highest BCUT2D eigenvalue weighted by Crippen LogP contribution is 1.99. The highest BCUT2D eigenvalue weighted by molar-refractivity contribution is 14.1. The minimum absolute atomic E-state index is 0.167. The van der Waals surface area contributed by atoms with E-state index in [4.69, 9.17) is 11.5 Å². The fourth-order valence-electron chi connectivity index (χ4n) is 0.188. The zero-order chi connectivity index (χ0) is 5.86. The number of hydrogen-bond donors (Lipinski definition) is 2. The number of rotatable bonds is 2. The third-order valence-electron chi connectivity index (χ3n) is 0.862. The van der Waals surface area contributed by atoms with E-state index >= 15 is 0 Å².